The Morgan fingerprint density at radius 3 is 0.800 bits per heavy atom. The molecule has 0 heterocycles. The van der Waals surface area contributed by atoms with Crippen molar-refractivity contribution < 1.29 is 11.0 Å². The molecular weight excluding hydrogens is 68.0 g/mol. The molecule has 0 spiro atoms. The van der Waals surface area contributed by atoms with Crippen LogP contribution in [0.15, 0.2) is 0 Å². The van der Waals surface area contributed by atoms with Crippen LogP contribution in [0.4, 0.5) is 0 Å². The van der Waals surface area contributed by atoms with Gasteiger partial charge in [0, 0.05) is 0 Å². The maximum absolute atomic E-state index is 4.00. The monoisotopic (exact) mass is 70.0 g/mol. The maximum atomic E-state index is 4.00. The fraction of sp³-hybridized carbons (Fsp3) is 0. The Morgan fingerprint density at radius 2 is 0.800 bits per heavy atom. The van der Waals surface area contributed by atoms with Crippen molar-refractivity contribution in [2.24, 2.45) is 0 Å². The van der Waals surface area contributed by atoms with Gasteiger partial charge in [0.1, 0.15) is 0 Å². The van der Waals surface area contributed by atoms with E-state index in [-0.39, 0.29) is 18.4 Å². The average molecular weight is 70.0 g/mol. The Morgan fingerprint density at radius 1 is 0.800 bits per heavy atom. The third kappa shape index (κ3) is 28.2. The quantitative estimate of drug-likeness (QED) is 0.363. The van der Waals surface area contributed by atoms with Crippen molar-refractivity contribution >= 4 is 0 Å². The minimum Gasteiger partial charge on any atom is -2.00 e. The summed E-state index contributed by atoms with van der Waals surface area (Å²) in [5, 5.41) is 0. The fourth-order valence-corrected chi connectivity index (χ4v) is 0. The van der Waals surface area contributed by atoms with Crippen LogP contribution in [0.1, 0.15) is 0 Å². The molecule has 0 fully saturated rings. The van der Waals surface area contributed by atoms with Gasteiger partial charge >= 0.3 is 7.43 Å². The van der Waals surface area contributed by atoms with Crippen LogP contribution in [0.5, 0.6) is 0 Å². The van der Waals surface area contributed by atoms with Crippen LogP contribution >= 0.6 is 0 Å². The summed E-state index contributed by atoms with van der Waals surface area (Å²) in [6.07, 6.45) is 8.00. The zero-order chi connectivity index (χ0) is 2.00. The second-order valence-corrected chi connectivity index (χ2v) is 0. The smallest absolute Gasteiger partial charge is 2.00 e. The van der Waals surface area contributed by atoms with E-state index >= 15 is 0 Å². The van der Waals surface area contributed by atoms with Gasteiger partial charge in [-0.1, -0.05) is 0 Å². The van der Waals surface area contributed by atoms with E-state index in [1.54, 1.807) is 0 Å². The first-order valence-electron chi connectivity index (χ1n) is 0.333. The Labute approximate surface area is 32.4 Å². The molecule has 0 aromatic heterocycles. The normalized spacial score (nSPS) is 0.400. The van der Waals surface area contributed by atoms with Gasteiger partial charge in [0.25, 0.3) is 0 Å². The van der Waals surface area contributed by atoms with Crippen molar-refractivity contribution in [1.29, 1.82) is 0 Å². The summed E-state index contributed by atoms with van der Waals surface area (Å²) in [7, 11) is 0. The summed E-state index contributed by atoms with van der Waals surface area (Å²) in [5.41, 5.74) is 0. The van der Waals surface area contributed by atoms with Crippen molar-refractivity contribution in [3.05, 3.63) is 7.43 Å². The minimum atomic E-state index is 0. The molecule has 0 atom stereocenters. The van der Waals surface area contributed by atoms with Gasteiger partial charge in [0.15, 0.2) is 0 Å². The van der Waals surface area contributed by atoms with E-state index in [1.165, 1.54) is 0 Å². The second kappa shape index (κ2) is 79.2. The summed E-state index contributed by atoms with van der Waals surface area (Å²) in [6, 6.07) is 0. The molecule has 2 nitrogen and oxygen atoms in total. The van der Waals surface area contributed by atoms with Crippen molar-refractivity contribution in [3.8, 4) is 12.8 Å². The molecule has 0 aliphatic heterocycles. The molecule has 0 rings (SSSR count). The molecule has 0 aliphatic carbocycles. The first kappa shape index (κ1) is 235. The molecule has 26 valence electrons. The molecule has 2 heteroatoms. The zero-order valence-corrected chi connectivity index (χ0v) is 2.47. The predicted octanol–water partition coefficient (Wildman–Crippen LogP) is 0.0931. The van der Waals surface area contributed by atoms with Crippen molar-refractivity contribution in [1.82, 2.24) is 0 Å². The summed E-state index contributed by atoms with van der Waals surface area (Å²) in [4.78, 5) is 0. The standard InChI is InChI=1S/C2H2.C.2O/c1-2;;;/h1-2H;;;/q;+4;2*-2. The maximum Gasteiger partial charge on any atom is 4.00 e. The summed E-state index contributed by atoms with van der Waals surface area (Å²) in [6.45, 7) is 0. The van der Waals surface area contributed by atoms with E-state index in [1.807, 2.05) is 0 Å². The Hall–Kier alpha value is -0.520. The molecule has 5 heavy (non-hydrogen) atoms. The van der Waals surface area contributed by atoms with Crippen LogP contribution < -0.4 is 0 Å². The van der Waals surface area contributed by atoms with Crippen molar-refractivity contribution in [3.63, 3.8) is 0 Å². The van der Waals surface area contributed by atoms with Crippen molar-refractivity contribution in [2.45, 2.75) is 0 Å². The van der Waals surface area contributed by atoms with E-state index in [2.05, 4.69) is 12.8 Å². The van der Waals surface area contributed by atoms with Gasteiger partial charge in [-0.15, -0.1) is 12.8 Å². The molecule has 0 bridgehead atoms. The van der Waals surface area contributed by atoms with Gasteiger partial charge in [-0.2, -0.15) is 0 Å². The molecular formula is C3H2O2. The second-order valence-electron chi connectivity index (χ2n) is 0. The first-order valence-corrected chi connectivity index (χ1v) is 0.333. The molecule has 0 unspecified atom stereocenters. The average Bonchev–Trinajstić information content (AvgIpc) is 1.00. The van der Waals surface area contributed by atoms with E-state index in [0.717, 1.165) is 0 Å². The van der Waals surface area contributed by atoms with Gasteiger partial charge in [-0.25, -0.2) is 0 Å². The number of terminal acetylenes is 1. The summed E-state index contributed by atoms with van der Waals surface area (Å²) in [5.74, 6) is 0. The third-order valence-corrected chi connectivity index (χ3v) is 0. The van der Waals surface area contributed by atoms with Crippen LogP contribution in [0.25, 0.3) is 0 Å². The topological polar surface area (TPSA) is 57.0 Å². The fourth-order valence-electron chi connectivity index (χ4n) is 0. The predicted molar refractivity (Wildman–Crippen MR) is 14.5 cm³/mol. The summed E-state index contributed by atoms with van der Waals surface area (Å²) >= 11 is 0. The van der Waals surface area contributed by atoms with Gasteiger partial charge in [-0.3, -0.25) is 0 Å². The molecule has 0 aromatic carbocycles. The van der Waals surface area contributed by atoms with Crippen molar-refractivity contribution in [2.75, 3.05) is 0 Å². The van der Waals surface area contributed by atoms with Crippen LogP contribution in [-0.4, -0.2) is 0 Å². The third-order valence-electron chi connectivity index (χ3n) is 0. The van der Waals surface area contributed by atoms with Gasteiger partial charge in [-0.05, 0) is 0 Å². The number of hydrogen-bond donors (Lipinski definition) is 0. The van der Waals surface area contributed by atoms with E-state index in [9.17, 15) is 0 Å². The van der Waals surface area contributed by atoms with Crippen LogP contribution in [0, 0.1) is 20.3 Å². The molecule has 0 amide bonds. The largest absolute Gasteiger partial charge is 4.00 e. The SMILES string of the molecule is C#C.[C+4].[O-2].[O-2]. The molecule has 0 aliphatic rings. The summed E-state index contributed by atoms with van der Waals surface area (Å²) < 4.78 is 0. The zero-order valence-electron chi connectivity index (χ0n) is 2.47. The molecule has 0 saturated heterocycles. The van der Waals surface area contributed by atoms with Gasteiger partial charge in [0.05, 0.1) is 0 Å². The molecule has 0 saturated carbocycles. The minimum absolute atomic E-state index is 0. The van der Waals surface area contributed by atoms with Crippen LogP contribution in [0.2, 0.25) is 0 Å². The van der Waals surface area contributed by atoms with Gasteiger partial charge < -0.3 is 11.0 Å². The van der Waals surface area contributed by atoms with E-state index < -0.39 is 0 Å². The first-order chi connectivity index (χ1) is 1.00. The number of rotatable bonds is 0. The van der Waals surface area contributed by atoms with Crippen LogP contribution in [0.3, 0.4) is 0 Å². The molecule has 0 N–H and O–H groups in total. The van der Waals surface area contributed by atoms with Gasteiger partial charge in [0.2, 0.25) is 0 Å². The Bertz CT molecular complexity index is 9.61. The number of hydrogen-bond acceptors (Lipinski definition) is 0. The van der Waals surface area contributed by atoms with E-state index in [0.29, 0.717) is 0 Å². The Kier molecular flexibility index (Phi) is 3730. The van der Waals surface area contributed by atoms with E-state index in [4.69, 9.17) is 0 Å². The molecule has 0 aromatic rings. The Balaban J connectivity index is -0.00000000167. The van der Waals surface area contributed by atoms with Crippen LogP contribution in [-0.2, 0) is 11.0 Å². The molecule has 0 radical (unpaired) electrons.